The fourth-order valence-electron chi connectivity index (χ4n) is 1.83. The van der Waals surface area contributed by atoms with E-state index in [0.29, 0.717) is 12.5 Å². The smallest absolute Gasteiger partial charge is 0.252 e. The normalized spacial score (nSPS) is 16.6. The number of rotatable bonds is 5. The fraction of sp³-hybridized carbons (Fsp3) is 0.462. The molecule has 0 heterocycles. The molecule has 0 saturated heterocycles. The molecule has 1 aliphatic carbocycles. The Hall–Kier alpha value is -1.00. The van der Waals surface area contributed by atoms with Gasteiger partial charge in [0.1, 0.15) is 0 Å². The Kier molecular flexibility index (Phi) is 4.07. The first-order valence-corrected chi connectivity index (χ1v) is 7.11. The Labute approximate surface area is 106 Å². The van der Waals surface area contributed by atoms with Crippen LogP contribution in [0.25, 0.3) is 0 Å². The van der Waals surface area contributed by atoms with Crippen molar-refractivity contribution < 1.29 is 4.79 Å². The molecule has 2 rings (SSSR count). The van der Waals surface area contributed by atoms with E-state index in [2.05, 4.69) is 5.32 Å². The van der Waals surface area contributed by atoms with Crippen LogP contribution in [0.5, 0.6) is 0 Å². The minimum Gasteiger partial charge on any atom is -0.350 e. The predicted octanol–water partition coefficient (Wildman–Crippen LogP) is 1.88. The van der Waals surface area contributed by atoms with Crippen molar-refractivity contribution in [2.45, 2.75) is 23.8 Å². The number of thioether (sulfide) groups is 1. The highest BCUT2D eigenvalue weighted by Crippen LogP contribution is 2.31. The molecule has 1 unspecified atom stereocenters. The average molecular weight is 250 g/mol. The van der Waals surface area contributed by atoms with Crippen molar-refractivity contribution in [3.05, 3.63) is 29.8 Å². The van der Waals surface area contributed by atoms with Gasteiger partial charge in [0.15, 0.2) is 0 Å². The molecule has 0 aromatic heterocycles. The van der Waals surface area contributed by atoms with Crippen molar-refractivity contribution >= 4 is 17.7 Å². The summed E-state index contributed by atoms with van der Waals surface area (Å²) in [5, 5.41) is 2.92. The van der Waals surface area contributed by atoms with Gasteiger partial charge >= 0.3 is 0 Å². The number of hydrogen-bond donors (Lipinski definition) is 2. The van der Waals surface area contributed by atoms with Gasteiger partial charge in [0.25, 0.3) is 5.91 Å². The van der Waals surface area contributed by atoms with E-state index in [9.17, 15) is 4.79 Å². The first kappa shape index (κ1) is 12.5. The maximum absolute atomic E-state index is 12.0. The second-order valence-corrected chi connectivity index (χ2v) is 5.26. The molecule has 1 amide bonds. The molecule has 17 heavy (non-hydrogen) atoms. The third-order valence-corrected chi connectivity index (χ3v) is 3.87. The highest BCUT2D eigenvalue weighted by molar-refractivity contribution is 7.98. The van der Waals surface area contributed by atoms with Crippen LogP contribution in [0, 0.1) is 5.92 Å². The second-order valence-electron chi connectivity index (χ2n) is 4.41. The number of carbonyl (C=O) groups excluding carboxylic acids is 1. The molecule has 3 N–H and O–H groups in total. The summed E-state index contributed by atoms with van der Waals surface area (Å²) < 4.78 is 0. The Bertz CT molecular complexity index is 404. The Balaban J connectivity index is 1.94. The summed E-state index contributed by atoms with van der Waals surface area (Å²) >= 11 is 1.58. The van der Waals surface area contributed by atoms with Crippen LogP contribution in [-0.4, -0.2) is 24.7 Å². The minimum absolute atomic E-state index is 0.0222. The van der Waals surface area contributed by atoms with Gasteiger partial charge in [-0.3, -0.25) is 4.79 Å². The van der Waals surface area contributed by atoms with Crippen LogP contribution >= 0.6 is 11.8 Å². The lowest BCUT2D eigenvalue weighted by molar-refractivity contribution is 0.0947. The second kappa shape index (κ2) is 5.56. The zero-order valence-electron chi connectivity index (χ0n) is 9.98. The van der Waals surface area contributed by atoms with Crippen LogP contribution in [-0.2, 0) is 0 Å². The molecule has 1 fully saturated rings. The maximum Gasteiger partial charge on any atom is 0.252 e. The van der Waals surface area contributed by atoms with Gasteiger partial charge in [-0.05, 0) is 37.1 Å². The highest BCUT2D eigenvalue weighted by Gasteiger charge is 2.28. The monoisotopic (exact) mass is 250 g/mol. The fourth-order valence-corrected chi connectivity index (χ4v) is 2.42. The SMILES string of the molecule is CSc1ccccc1C(=O)NCC(N)C1CC1. The zero-order chi connectivity index (χ0) is 12.3. The van der Waals surface area contributed by atoms with Crippen LogP contribution in [0.2, 0.25) is 0 Å². The number of carbonyl (C=O) groups is 1. The van der Waals surface area contributed by atoms with Gasteiger partial charge in [-0.15, -0.1) is 11.8 Å². The van der Waals surface area contributed by atoms with E-state index < -0.39 is 0 Å². The molecule has 92 valence electrons. The van der Waals surface area contributed by atoms with Crippen LogP contribution in [0.4, 0.5) is 0 Å². The number of nitrogens with two attached hydrogens (primary N) is 1. The van der Waals surface area contributed by atoms with Gasteiger partial charge in [-0.25, -0.2) is 0 Å². The summed E-state index contributed by atoms with van der Waals surface area (Å²) in [5.41, 5.74) is 6.69. The van der Waals surface area contributed by atoms with Gasteiger partial charge in [-0.1, -0.05) is 12.1 Å². The van der Waals surface area contributed by atoms with E-state index in [1.807, 2.05) is 30.5 Å². The van der Waals surface area contributed by atoms with Gasteiger partial charge in [-0.2, -0.15) is 0 Å². The van der Waals surface area contributed by atoms with E-state index >= 15 is 0 Å². The molecular formula is C13H18N2OS. The molecule has 1 aliphatic rings. The summed E-state index contributed by atoms with van der Waals surface area (Å²) in [6.07, 6.45) is 4.39. The molecule has 0 spiro atoms. The lowest BCUT2D eigenvalue weighted by Gasteiger charge is -2.12. The molecule has 1 aromatic carbocycles. The van der Waals surface area contributed by atoms with E-state index in [-0.39, 0.29) is 11.9 Å². The Morgan fingerprint density at radius 1 is 1.53 bits per heavy atom. The van der Waals surface area contributed by atoms with E-state index in [1.165, 1.54) is 12.8 Å². The number of benzene rings is 1. The van der Waals surface area contributed by atoms with Crippen LogP contribution < -0.4 is 11.1 Å². The van der Waals surface area contributed by atoms with E-state index in [0.717, 1.165) is 10.5 Å². The van der Waals surface area contributed by atoms with Gasteiger partial charge in [0.2, 0.25) is 0 Å². The third kappa shape index (κ3) is 3.23. The van der Waals surface area contributed by atoms with Gasteiger partial charge < -0.3 is 11.1 Å². The van der Waals surface area contributed by atoms with Crippen molar-refractivity contribution in [2.24, 2.45) is 11.7 Å². The third-order valence-electron chi connectivity index (χ3n) is 3.08. The quantitative estimate of drug-likeness (QED) is 0.784. The number of amides is 1. The molecule has 0 radical (unpaired) electrons. The minimum atomic E-state index is -0.0222. The summed E-state index contributed by atoms with van der Waals surface area (Å²) in [4.78, 5) is 13.0. The summed E-state index contributed by atoms with van der Waals surface area (Å²) in [6.45, 7) is 0.576. The van der Waals surface area contributed by atoms with Crippen molar-refractivity contribution in [3.63, 3.8) is 0 Å². The van der Waals surface area contributed by atoms with Gasteiger partial charge in [0.05, 0.1) is 5.56 Å². The molecule has 0 aliphatic heterocycles. The Morgan fingerprint density at radius 2 is 2.24 bits per heavy atom. The van der Waals surface area contributed by atoms with Crippen LogP contribution in [0.3, 0.4) is 0 Å². The molecule has 0 bridgehead atoms. The molecular weight excluding hydrogens is 232 g/mol. The van der Waals surface area contributed by atoms with Crippen molar-refractivity contribution in [1.82, 2.24) is 5.32 Å². The largest absolute Gasteiger partial charge is 0.350 e. The molecule has 1 saturated carbocycles. The van der Waals surface area contributed by atoms with E-state index in [1.54, 1.807) is 11.8 Å². The maximum atomic E-state index is 12.0. The summed E-state index contributed by atoms with van der Waals surface area (Å²) in [7, 11) is 0. The first-order valence-electron chi connectivity index (χ1n) is 5.89. The van der Waals surface area contributed by atoms with E-state index in [4.69, 9.17) is 5.73 Å². The Morgan fingerprint density at radius 3 is 2.88 bits per heavy atom. The van der Waals surface area contributed by atoms with Gasteiger partial charge in [0, 0.05) is 17.5 Å². The highest BCUT2D eigenvalue weighted by atomic mass is 32.2. The average Bonchev–Trinajstić information content (AvgIpc) is 3.19. The standard InChI is InChI=1S/C13H18N2OS/c1-17-12-5-3-2-4-10(12)13(16)15-8-11(14)9-6-7-9/h2-5,9,11H,6-8,14H2,1H3,(H,15,16). The summed E-state index contributed by atoms with van der Waals surface area (Å²) in [6, 6.07) is 7.75. The zero-order valence-corrected chi connectivity index (χ0v) is 10.8. The lowest BCUT2D eigenvalue weighted by atomic mass is 10.2. The lowest BCUT2D eigenvalue weighted by Crippen LogP contribution is -2.38. The molecule has 1 aromatic rings. The molecule has 4 heteroatoms. The summed E-state index contributed by atoms with van der Waals surface area (Å²) in [5.74, 6) is 0.595. The molecule has 3 nitrogen and oxygen atoms in total. The van der Waals surface area contributed by atoms with Crippen molar-refractivity contribution in [1.29, 1.82) is 0 Å². The number of nitrogens with one attached hydrogen (secondary N) is 1. The van der Waals surface area contributed by atoms with Crippen LogP contribution in [0.15, 0.2) is 29.2 Å². The molecule has 1 atom stereocenters. The number of hydrogen-bond acceptors (Lipinski definition) is 3. The topological polar surface area (TPSA) is 55.1 Å². The van der Waals surface area contributed by atoms with Crippen LogP contribution in [0.1, 0.15) is 23.2 Å². The predicted molar refractivity (Wildman–Crippen MR) is 71.3 cm³/mol. The van der Waals surface area contributed by atoms with Crippen molar-refractivity contribution in [2.75, 3.05) is 12.8 Å². The first-order chi connectivity index (χ1) is 8.22. The van der Waals surface area contributed by atoms with Crippen molar-refractivity contribution in [3.8, 4) is 0 Å².